The standard InChI is InChI=1S/C25H28N4O/c1-28(2)22-14-15-29(17-22)21-11-8-19(9-12-21)25(30)27-24-16-20(26)10-13-23(24)18-6-4-3-5-7-18/h3-13,16,22H,14-15,17,26H2,1-2H3,(H,27,30)/t22-/m0/s1. The Kier molecular flexibility index (Phi) is 5.72. The van der Waals surface area contributed by atoms with E-state index < -0.39 is 0 Å². The van der Waals surface area contributed by atoms with Gasteiger partial charge in [0.1, 0.15) is 0 Å². The Bertz CT molecular complexity index is 1020. The summed E-state index contributed by atoms with van der Waals surface area (Å²) >= 11 is 0. The summed E-state index contributed by atoms with van der Waals surface area (Å²) < 4.78 is 0. The van der Waals surface area contributed by atoms with Gasteiger partial charge in [-0.2, -0.15) is 0 Å². The number of nitrogens with zero attached hydrogens (tertiary/aromatic N) is 2. The highest BCUT2D eigenvalue weighted by Gasteiger charge is 2.24. The van der Waals surface area contributed by atoms with E-state index in [0.29, 0.717) is 23.0 Å². The van der Waals surface area contributed by atoms with Crippen molar-refractivity contribution in [1.29, 1.82) is 0 Å². The molecule has 1 heterocycles. The third-order valence-corrected chi connectivity index (χ3v) is 5.76. The van der Waals surface area contributed by atoms with Gasteiger partial charge in [-0.25, -0.2) is 0 Å². The highest BCUT2D eigenvalue weighted by atomic mass is 16.1. The zero-order valence-corrected chi connectivity index (χ0v) is 17.5. The molecule has 0 spiro atoms. The Morgan fingerprint density at radius 2 is 1.77 bits per heavy atom. The van der Waals surface area contributed by atoms with Crippen LogP contribution < -0.4 is 16.0 Å². The normalized spacial score (nSPS) is 16.1. The average Bonchev–Trinajstić information content (AvgIpc) is 3.25. The van der Waals surface area contributed by atoms with Gasteiger partial charge >= 0.3 is 0 Å². The van der Waals surface area contributed by atoms with Crippen molar-refractivity contribution in [2.75, 3.05) is 43.1 Å². The van der Waals surface area contributed by atoms with Crippen LogP contribution in [0.1, 0.15) is 16.8 Å². The topological polar surface area (TPSA) is 61.6 Å². The van der Waals surface area contributed by atoms with Gasteiger partial charge in [-0.3, -0.25) is 4.79 Å². The number of hydrogen-bond donors (Lipinski definition) is 2. The van der Waals surface area contributed by atoms with Crippen molar-refractivity contribution < 1.29 is 4.79 Å². The smallest absolute Gasteiger partial charge is 0.255 e. The first-order valence-corrected chi connectivity index (χ1v) is 10.3. The first-order valence-electron chi connectivity index (χ1n) is 10.3. The van der Waals surface area contributed by atoms with Crippen LogP contribution in [0.15, 0.2) is 72.8 Å². The molecule has 0 bridgehead atoms. The third kappa shape index (κ3) is 4.31. The fraction of sp³-hybridized carbons (Fsp3) is 0.240. The van der Waals surface area contributed by atoms with E-state index in [0.717, 1.165) is 36.3 Å². The van der Waals surface area contributed by atoms with Gasteiger partial charge in [-0.15, -0.1) is 0 Å². The Morgan fingerprint density at radius 1 is 1.03 bits per heavy atom. The molecule has 1 atom stereocenters. The molecule has 0 unspecified atom stereocenters. The van der Waals surface area contributed by atoms with Crippen LogP contribution in [0.5, 0.6) is 0 Å². The molecule has 1 aliphatic heterocycles. The zero-order valence-electron chi connectivity index (χ0n) is 17.5. The largest absolute Gasteiger partial charge is 0.399 e. The predicted octanol–water partition coefficient (Wildman–Crippen LogP) is 4.33. The second-order valence-electron chi connectivity index (χ2n) is 8.02. The molecule has 4 rings (SSSR count). The quantitative estimate of drug-likeness (QED) is 0.626. The minimum atomic E-state index is -0.142. The minimum absolute atomic E-state index is 0.142. The van der Waals surface area contributed by atoms with Crippen molar-refractivity contribution in [3.63, 3.8) is 0 Å². The van der Waals surface area contributed by atoms with E-state index in [1.165, 1.54) is 0 Å². The Balaban J connectivity index is 1.50. The molecule has 0 radical (unpaired) electrons. The van der Waals surface area contributed by atoms with Crippen LogP contribution in [0.2, 0.25) is 0 Å². The molecule has 0 aliphatic carbocycles. The molecular weight excluding hydrogens is 372 g/mol. The molecule has 1 aliphatic rings. The minimum Gasteiger partial charge on any atom is -0.399 e. The first kappa shape index (κ1) is 20.0. The molecule has 0 saturated carbocycles. The molecular formula is C25H28N4O. The third-order valence-electron chi connectivity index (χ3n) is 5.76. The van der Waals surface area contributed by atoms with E-state index in [1.807, 2.05) is 66.7 Å². The van der Waals surface area contributed by atoms with Gasteiger partial charge in [0.15, 0.2) is 0 Å². The van der Waals surface area contributed by atoms with Crippen molar-refractivity contribution in [1.82, 2.24) is 4.90 Å². The van der Waals surface area contributed by atoms with Crippen molar-refractivity contribution in [2.24, 2.45) is 0 Å². The van der Waals surface area contributed by atoms with E-state index >= 15 is 0 Å². The van der Waals surface area contributed by atoms with Gasteiger partial charge in [0.2, 0.25) is 0 Å². The lowest BCUT2D eigenvalue weighted by atomic mass is 10.0. The molecule has 5 heteroatoms. The Labute approximate surface area is 178 Å². The molecule has 3 aromatic carbocycles. The number of rotatable bonds is 5. The van der Waals surface area contributed by atoms with Gasteiger partial charge in [-0.1, -0.05) is 36.4 Å². The number of likely N-dealkylation sites (N-methyl/N-ethyl adjacent to an activating group) is 1. The number of carbonyl (C=O) groups is 1. The molecule has 1 fully saturated rings. The predicted molar refractivity (Wildman–Crippen MR) is 125 cm³/mol. The number of anilines is 3. The second kappa shape index (κ2) is 8.59. The number of nitrogen functional groups attached to an aromatic ring is 1. The van der Waals surface area contributed by atoms with Crippen LogP contribution in [0, 0.1) is 0 Å². The number of hydrogen-bond acceptors (Lipinski definition) is 4. The molecule has 1 amide bonds. The number of nitrogens with two attached hydrogens (primary N) is 1. The van der Waals surface area contributed by atoms with E-state index in [-0.39, 0.29) is 5.91 Å². The lowest BCUT2D eigenvalue weighted by Gasteiger charge is -2.22. The van der Waals surface area contributed by atoms with Crippen molar-refractivity contribution >= 4 is 23.0 Å². The fourth-order valence-electron chi connectivity index (χ4n) is 3.95. The number of benzene rings is 3. The van der Waals surface area contributed by atoms with Crippen LogP contribution in [0.25, 0.3) is 11.1 Å². The van der Waals surface area contributed by atoms with Gasteiger partial charge in [-0.05, 0) is 62.5 Å². The first-order chi connectivity index (χ1) is 14.5. The number of carbonyl (C=O) groups excluding carboxylic acids is 1. The number of nitrogens with one attached hydrogen (secondary N) is 1. The van der Waals surface area contributed by atoms with E-state index in [2.05, 4.69) is 29.2 Å². The Hall–Kier alpha value is -3.31. The van der Waals surface area contributed by atoms with Crippen LogP contribution in [-0.2, 0) is 0 Å². The summed E-state index contributed by atoms with van der Waals surface area (Å²) in [7, 11) is 4.25. The van der Waals surface area contributed by atoms with E-state index in [9.17, 15) is 4.79 Å². The van der Waals surface area contributed by atoms with Gasteiger partial charge in [0.05, 0.1) is 5.69 Å². The van der Waals surface area contributed by atoms with Gasteiger partial charge < -0.3 is 20.9 Å². The van der Waals surface area contributed by atoms with Crippen LogP contribution in [-0.4, -0.2) is 44.0 Å². The maximum absolute atomic E-state index is 12.9. The lowest BCUT2D eigenvalue weighted by molar-refractivity contribution is 0.102. The van der Waals surface area contributed by atoms with Gasteiger partial charge in [0.25, 0.3) is 5.91 Å². The van der Waals surface area contributed by atoms with Crippen molar-refractivity contribution in [3.05, 3.63) is 78.4 Å². The maximum atomic E-state index is 12.9. The molecule has 154 valence electrons. The molecule has 30 heavy (non-hydrogen) atoms. The monoisotopic (exact) mass is 400 g/mol. The highest BCUT2D eigenvalue weighted by Crippen LogP contribution is 2.30. The lowest BCUT2D eigenvalue weighted by Crippen LogP contribution is -2.31. The molecule has 3 N–H and O–H groups in total. The fourth-order valence-corrected chi connectivity index (χ4v) is 3.95. The molecule has 3 aromatic rings. The van der Waals surface area contributed by atoms with Crippen molar-refractivity contribution in [3.8, 4) is 11.1 Å². The molecule has 1 saturated heterocycles. The molecule has 0 aromatic heterocycles. The summed E-state index contributed by atoms with van der Waals surface area (Å²) in [5, 5.41) is 3.04. The summed E-state index contributed by atoms with van der Waals surface area (Å²) in [5.41, 5.74) is 11.1. The summed E-state index contributed by atoms with van der Waals surface area (Å²) in [6, 6.07) is 24.0. The van der Waals surface area contributed by atoms with Crippen LogP contribution in [0.3, 0.4) is 0 Å². The average molecular weight is 401 g/mol. The van der Waals surface area contributed by atoms with Crippen LogP contribution in [0.4, 0.5) is 17.1 Å². The molecule has 5 nitrogen and oxygen atoms in total. The summed E-state index contributed by atoms with van der Waals surface area (Å²) in [5.74, 6) is -0.142. The summed E-state index contributed by atoms with van der Waals surface area (Å²) in [6.45, 7) is 2.06. The summed E-state index contributed by atoms with van der Waals surface area (Å²) in [6.07, 6.45) is 1.16. The van der Waals surface area contributed by atoms with E-state index in [1.54, 1.807) is 6.07 Å². The van der Waals surface area contributed by atoms with Crippen LogP contribution >= 0.6 is 0 Å². The highest BCUT2D eigenvalue weighted by molar-refractivity contribution is 6.06. The van der Waals surface area contributed by atoms with Gasteiger partial charge in [0, 0.05) is 41.6 Å². The maximum Gasteiger partial charge on any atom is 0.255 e. The van der Waals surface area contributed by atoms with Crippen molar-refractivity contribution in [2.45, 2.75) is 12.5 Å². The Morgan fingerprint density at radius 3 is 2.43 bits per heavy atom. The SMILES string of the molecule is CN(C)[C@H]1CCN(c2ccc(C(=O)Nc3cc(N)ccc3-c3ccccc3)cc2)C1. The zero-order chi connectivity index (χ0) is 21.1. The van der Waals surface area contributed by atoms with E-state index in [4.69, 9.17) is 5.73 Å². The second-order valence-corrected chi connectivity index (χ2v) is 8.02. The summed E-state index contributed by atoms with van der Waals surface area (Å²) in [4.78, 5) is 17.6. The number of amides is 1.